The summed E-state index contributed by atoms with van der Waals surface area (Å²) in [7, 11) is 0. The summed E-state index contributed by atoms with van der Waals surface area (Å²) >= 11 is 0.837. The lowest BCUT2D eigenvalue weighted by Crippen LogP contribution is -2.53. The number of hydrogen-bond acceptors (Lipinski definition) is 6. The van der Waals surface area contributed by atoms with Crippen molar-refractivity contribution in [2.45, 2.75) is 31.6 Å². The maximum Gasteiger partial charge on any atom is 0.328 e. The molecule has 0 aliphatic carbocycles. The molecule has 0 bridgehead atoms. The smallest absolute Gasteiger partial charge is 0.328 e. The average Bonchev–Trinajstić information content (AvgIpc) is 2.95. The maximum absolute atomic E-state index is 13.0. The summed E-state index contributed by atoms with van der Waals surface area (Å²) < 4.78 is 18.6. The molecule has 2 N–H and O–H groups in total. The van der Waals surface area contributed by atoms with Gasteiger partial charge in [0.1, 0.15) is 23.3 Å². The first kappa shape index (κ1) is 17.3. The third-order valence-electron chi connectivity index (χ3n) is 3.97. The summed E-state index contributed by atoms with van der Waals surface area (Å²) in [5.41, 5.74) is -0.839. The van der Waals surface area contributed by atoms with Gasteiger partial charge in [-0.3, -0.25) is 14.9 Å². The van der Waals surface area contributed by atoms with Crippen molar-refractivity contribution < 1.29 is 24.0 Å². The van der Waals surface area contributed by atoms with Crippen LogP contribution < -0.4 is 10.1 Å². The van der Waals surface area contributed by atoms with E-state index in [1.165, 1.54) is 18.2 Å². The first-order chi connectivity index (χ1) is 11.7. The lowest BCUT2D eigenvalue weighted by Gasteiger charge is -2.40. The molecule has 132 valence electrons. The lowest BCUT2D eigenvalue weighted by molar-refractivity contribution is -0.380. The normalized spacial score (nSPS) is 21.1. The highest BCUT2D eigenvalue weighted by molar-refractivity contribution is 7.15. The Labute approximate surface area is 146 Å². The first-order valence-electron chi connectivity index (χ1n) is 7.40. The molecule has 0 saturated heterocycles. The number of nitrogens with one attached hydrogen (secondary N) is 1. The minimum Gasteiger partial charge on any atom is -0.484 e. The molecular formula is C16H15FN2O5S. The fraction of sp³-hybridized carbons (Fsp3) is 0.312. The molecule has 0 saturated carbocycles. The van der Waals surface area contributed by atoms with Crippen LogP contribution in [0.2, 0.25) is 0 Å². The van der Waals surface area contributed by atoms with Crippen LogP contribution in [0, 0.1) is 15.9 Å². The number of thiophene rings is 1. The largest absolute Gasteiger partial charge is 0.484 e. The van der Waals surface area contributed by atoms with Crippen LogP contribution in [0.3, 0.4) is 0 Å². The Morgan fingerprint density at radius 2 is 2.04 bits per heavy atom. The van der Waals surface area contributed by atoms with Gasteiger partial charge in [0.15, 0.2) is 0 Å². The number of amides is 1. The highest BCUT2D eigenvalue weighted by atomic mass is 32.1. The molecule has 2 aromatic rings. The summed E-state index contributed by atoms with van der Waals surface area (Å²) in [5, 5.41) is 24.1. The molecule has 2 atom stereocenters. The molecule has 0 fully saturated rings. The number of carbonyl (C=O) groups excluding carboxylic acids is 1. The van der Waals surface area contributed by atoms with E-state index >= 15 is 0 Å². The molecule has 25 heavy (non-hydrogen) atoms. The zero-order chi connectivity index (χ0) is 18.4. The van der Waals surface area contributed by atoms with Crippen molar-refractivity contribution in [3.63, 3.8) is 0 Å². The third kappa shape index (κ3) is 3.20. The van der Waals surface area contributed by atoms with Crippen LogP contribution in [0.25, 0.3) is 0 Å². The van der Waals surface area contributed by atoms with Crippen molar-refractivity contribution in [3.05, 3.63) is 56.7 Å². The summed E-state index contributed by atoms with van der Waals surface area (Å²) in [6, 6.07) is 5.35. The van der Waals surface area contributed by atoms with E-state index in [-0.39, 0.29) is 16.3 Å². The van der Waals surface area contributed by atoms with E-state index in [2.05, 4.69) is 5.32 Å². The van der Waals surface area contributed by atoms with Gasteiger partial charge in [0.25, 0.3) is 5.91 Å². The van der Waals surface area contributed by atoms with Crippen LogP contribution in [0.1, 0.15) is 35.1 Å². The molecule has 9 heteroatoms. The summed E-state index contributed by atoms with van der Waals surface area (Å²) in [6.07, 6.45) is -1.12. The number of ether oxygens (including phenoxy) is 1. The molecule has 1 aliphatic heterocycles. The second-order valence-electron chi connectivity index (χ2n) is 6.18. The quantitative estimate of drug-likeness (QED) is 0.642. The van der Waals surface area contributed by atoms with Crippen LogP contribution in [0.15, 0.2) is 30.3 Å². The molecular weight excluding hydrogens is 351 g/mol. The van der Waals surface area contributed by atoms with Gasteiger partial charge >= 0.3 is 5.00 Å². The number of hydrogen-bond donors (Lipinski definition) is 2. The summed E-state index contributed by atoms with van der Waals surface area (Å²) in [4.78, 5) is 23.3. The van der Waals surface area contributed by atoms with Gasteiger partial charge in [0.05, 0.1) is 21.9 Å². The number of carbonyl (C=O) groups is 1. The van der Waals surface area contributed by atoms with Crippen molar-refractivity contribution in [3.8, 4) is 5.75 Å². The van der Waals surface area contributed by atoms with Gasteiger partial charge in [0.2, 0.25) is 0 Å². The van der Waals surface area contributed by atoms with Gasteiger partial charge < -0.3 is 15.2 Å². The molecule has 1 aromatic heterocycles. The third-order valence-corrected chi connectivity index (χ3v) is 5.12. The Balaban J connectivity index is 1.95. The maximum atomic E-state index is 13.0. The van der Waals surface area contributed by atoms with E-state index in [0.29, 0.717) is 4.88 Å². The zero-order valence-electron chi connectivity index (χ0n) is 13.4. The summed E-state index contributed by atoms with van der Waals surface area (Å²) in [6.45, 7) is 3.25. The number of halogens is 1. The lowest BCUT2D eigenvalue weighted by atomic mass is 9.90. The first-order valence-corrected chi connectivity index (χ1v) is 8.22. The molecule has 7 nitrogen and oxygen atoms in total. The van der Waals surface area contributed by atoms with E-state index in [0.717, 1.165) is 23.5 Å². The predicted octanol–water partition coefficient (Wildman–Crippen LogP) is 2.80. The second kappa shape index (κ2) is 6.08. The number of nitro groups is 1. The zero-order valence-corrected chi connectivity index (χ0v) is 14.2. The molecule has 1 aliphatic rings. The molecule has 3 rings (SSSR count). The second-order valence-corrected chi connectivity index (χ2v) is 7.24. The highest BCUT2D eigenvalue weighted by Crippen LogP contribution is 2.47. The summed E-state index contributed by atoms with van der Waals surface area (Å²) in [5.74, 6) is -0.736. The fourth-order valence-electron chi connectivity index (χ4n) is 2.62. The molecule has 2 heterocycles. The molecule has 0 radical (unpaired) electrons. The highest BCUT2D eigenvalue weighted by Gasteiger charge is 2.46. The van der Waals surface area contributed by atoms with Gasteiger partial charge in [-0.1, -0.05) is 11.3 Å². The molecule has 0 spiro atoms. The van der Waals surface area contributed by atoms with Crippen LogP contribution in [0.4, 0.5) is 9.39 Å². The SMILES string of the molecule is CC1(C)Oc2cc([N+](=O)[O-])sc2[C@@H](NC(=O)c2ccc(F)cc2)[C@@H]1O. The van der Waals surface area contributed by atoms with Crippen molar-refractivity contribution >= 4 is 22.2 Å². The van der Waals surface area contributed by atoms with Crippen molar-refractivity contribution in [1.82, 2.24) is 5.32 Å². The van der Waals surface area contributed by atoms with Gasteiger partial charge in [-0.2, -0.15) is 0 Å². The standard InChI is InChI=1S/C16H15FN2O5S/c1-16(2)14(20)12(13-10(24-16)7-11(25-13)19(22)23)18-15(21)8-3-5-9(17)6-4-8/h3-7,12,14,20H,1-2H3,(H,18,21)/t12-,14+/m1/s1. The molecule has 1 aromatic carbocycles. The minimum atomic E-state index is -1.12. The Bertz CT molecular complexity index is 834. The fourth-order valence-corrected chi connectivity index (χ4v) is 3.60. The van der Waals surface area contributed by atoms with E-state index in [9.17, 15) is 24.4 Å². The van der Waals surface area contributed by atoms with E-state index < -0.39 is 34.4 Å². The minimum absolute atomic E-state index is 0.143. The average molecular weight is 366 g/mol. The van der Waals surface area contributed by atoms with E-state index in [4.69, 9.17) is 4.74 Å². The van der Waals surface area contributed by atoms with E-state index in [1.807, 2.05) is 0 Å². The van der Waals surface area contributed by atoms with Crippen LogP contribution in [0.5, 0.6) is 5.75 Å². The van der Waals surface area contributed by atoms with Gasteiger partial charge in [-0.25, -0.2) is 4.39 Å². The van der Waals surface area contributed by atoms with Gasteiger partial charge in [-0.15, -0.1) is 0 Å². The van der Waals surface area contributed by atoms with Crippen LogP contribution in [-0.2, 0) is 0 Å². The number of nitrogens with zero attached hydrogens (tertiary/aromatic N) is 1. The van der Waals surface area contributed by atoms with Crippen LogP contribution in [-0.4, -0.2) is 27.6 Å². The Hall–Kier alpha value is -2.52. The molecule has 0 unspecified atom stereocenters. The number of aliphatic hydroxyl groups excluding tert-OH is 1. The van der Waals surface area contributed by atoms with Crippen molar-refractivity contribution in [2.75, 3.05) is 0 Å². The van der Waals surface area contributed by atoms with Crippen molar-refractivity contribution in [2.24, 2.45) is 0 Å². The number of benzene rings is 1. The van der Waals surface area contributed by atoms with Crippen LogP contribution >= 0.6 is 11.3 Å². The Morgan fingerprint density at radius 3 is 2.64 bits per heavy atom. The number of rotatable bonds is 3. The molecule has 1 amide bonds. The Morgan fingerprint density at radius 1 is 1.40 bits per heavy atom. The topological polar surface area (TPSA) is 102 Å². The van der Waals surface area contributed by atoms with Gasteiger partial charge in [-0.05, 0) is 38.1 Å². The van der Waals surface area contributed by atoms with Crippen molar-refractivity contribution in [1.29, 1.82) is 0 Å². The number of aliphatic hydroxyl groups is 1. The predicted molar refractivity (Wildman–Crippen MR) is 88.3 cm³/mol. The number of fused-ring (bicyclic) bond motifs is 1. The monoisotopic (exact) mass is 366 g/mol. The van der Waals surface area contributed by atoms with Gasteiger partial charge in [0, 0.05) is 5.56 Å². The Kier molecular flexibility index (Phi) is 4.21. The van der Waals surface area contributed by atoms with E-state index in [1.54, 1.807) is 13.8 Å².